The first-order valence-corrected chi connectivity index (χ1v) is 10.5. The van der Waals surface area contributed by atoms with Crippen LogP contribution in [0.2, 0.25) is 0 Å². The van der Waals surface area contributed by atoms with E-state index in [2.05, 4.69) is 5.32 Å². The summed E-state index contributed by atoms with van der Waals surface area (Å²) in [4.78, 5) is 17.7. The zero-order valence-corrected chi connectivity index (χ0v) is 19.2. The molecule has 2 heterocycles. The molecule has 33 heavy (non-hydrogen) atoms. The van der Waals surface area contributed by atoms with Crippen LogP contribution >= 0.6 is 0 Å². The quantitative estimate of drug-likeness (QED) is 0.543. The van der Waals surface area contributed by atoms with Gasteiger partial charge in [0.05, 0.1) is 39.1 Å². The van der Waals surface area contributed by atoms with Gasteiger partial charge in [0.25, 0.3) is 0 Å². The number of hydrogen-bond donors (Lipinski definition) is 1. The number of benzene rings is 2. The van der Waals surface area contributed by atoms with Crippen molar-refractivity contribution in [3.8, 4) is 28.6 Å². The standard InChI is InChI=1S/C24H26N4O5/c1-6-33-23(29)20-14(2)25-24-26-22(16-9-7-8-10-17(16)30-3)27-28(24)21(20)15-11-12-18(31-4)19(13-15)32-5/h7-13,21H,6H2,1-5H3,(H,25,26,27). The van der Waals surface area contributed by atoms with Gasteiger partial charge in [-0.1, -0.05) is 18.2 Å². The molecule has 0 amide bonds. The monoisotopic (exact) mass is 450 g/mol. The SMILES string of the molecule is CCOC(=O)C1=C(C)Nc2nc(-c3ccccc3OC)nn2C1c1ccc(OC)c(OC)c1. The molecule has 1 aliphatic heterocycles. The minimum atomic E-state index is -0.587. The van der Waals surface area contributed by atoms with Crippen molar-refractivity contribution >= 4 is 11.9 Å². The summed E-state index contributed by atoms with van der Waals surface area (Å²) in [6.07, 6.45) is 0. The molecule has 0 aliphatic carbocycles. The molecule has 0 bridgehead atoms. The van der Waals surface area contributed by atoms with Crippen molar-refractivity contribution in [1.29, 1.82) is 0 Å². The lowest BCUT2D eigenvalue weighted by atomic mass is 9.95. The fraction of sp³-hybridized carbons (Fsp3) is 0.292. The maximum Gasteiger partial charge on any atom is 0.338 e. The highest BCUT2D eigenvalue weighted by Gasteiger charge is 2.36. The lowest BCUT2D eigenvalue weighted by Crippen LogP contribution is -2.29. The van der Waals surface area contributed by atoms with E-state index in [1.54, 1.807) is 39.0 Å². The van der Waals surface area contributed by atoms with Gasteiger partial charge in [0.2, 0.25) is 5.95 Å². The van der Waals surface area contributed by atoms with E-state index in [9.17, 15) is 4.79 Å². The fourth-order valence-electron chi connectivity index (χ4n) is 3.90. The third-order valence-corrected chi connectivity index (χ3v) is 5.42. The van der Waals surface area contributed by atoms with Gasteiger partial charge in [-0.3, -0.25) is 0 Å². The van der Waals surface area contributed by atoms with Gasteiger partial charge in [-0.2, -0.15) is 4.98 Å². The summed E-state index contributed by atoms with van der Waals surface area (Å²) < 4.78 is 23.4. The maximum atomic E-state index is 13.0. The third-order valence-electron chi connectivity index (χ3n) is 5.42. The molecule has 1 N–H and O–H groups in total. The average Bonchev–Trinajstić information content (AvgIpc) is 3.26. The summed E-state index contributed by atoms with van der Waals surface area (Å²) in [7, 11) is 4.74. The number of aromatic nitrogens is 3. The van der Waals surface area contributed by atoms with Crippen LogP contribution in [0.3, 0.4) is 0 Å². The Morgan fingerprint density at radius 1 is 1.03 bits per heavy atom. The van der Waals surface area contributed by atoms with E-state index in [0.717, 1.165) is 11.1 Å². The molecule has 1 atom stereocenters. The molecule has 9 nitrogen and oxygen atoms in total. The number of nitrogens with one attached hydrogen (secondary N) is 1. The second-order valence-electron chi connectivity index (χ2n) is 7.30. The Hall–Kier alpha value is -4.01. The molecule has 172 valence electrons. The van der Waals surface area contributed by atoms with E-state index in [1.807, 2.05) is 43.3 Å². The van der Waals surface area contributed by atoms with E-state index in [1.165, 1.54) is 0 Å². The Balaban J connectivity index is 1.90. The number of allylic oxidation sites excluding steroid dienone is 1. The molecule has 4 rings (SSSR count). The van der Waals surface area contributed by atoms with Crippen molar-refractivity contribution < 1.29 is 23.7 Å². The minimum absolute atomic E-state index is 0.255. The molecular formula is C24H26N4O5. The second-order valence-corrected chi connectivity index (χ2v) is 7.30. The normalized spacial score (nSPS) is 14.9. The molecule has 1 aromatic heterocycles. The molecule has 0 saturated heterocycles. The lowest BCUT2D eigenvalue weighted by Gasteiger charge is -2.28. The molecule has 9 heteroatoms. The number of para-hydroxylation sites is 1. The minimum Gasteiger partial charge on any atom is -0.496 e. The first-order valence-electron chi connectivity index (χ1n) is 10.5. The zero-order valence-electron chi connectivity index (χ0n) is 19.2. The van der Waals surface area contributed by atoms with Crippen LogP contribution in [0.15, 0.2) is 53.7 Å². The Labute approximate surface area is 191 Å². The average molecular weight is 450 g/mol. The zero-order chi connectivity index (χ0) is 23.5. The first kappa shape index (κ1) is 22.2. The van der Waals surface area contributed by atoms with E-state index in [0.29, 0.717) is 40.3 Å². The van der Waals surface area contributed by atoms with Crippen LogP contribution in [0, 0.1) is 0 Å². The van der Waals surface area contributed by atoms with Gasteiger partial charge in [-0.05, 0) is 43.7 Å². The molecule has 1 aliphatic rings. The maximum absolute atomic E-state index is 13.0. The van der Waals surface area contributed by atoms with Gasteiger partial charge in [-0.15, -0.1) is 5.10 Å². The lowest BCUT2D eigenvalue weighted by molar-refractivity contribution is -0.139. The van der Waals surface area contributed by atoms with Gasteiger partial charge >= 0.3 is 5.97 Å². The van der Waals surface area contributed by atoms with Crippen molar-refractivity contribution in [2.45, 2.75) is 19.9 Å². The highest BCUT2D eigenvalue weighted by atomic mass is 16.5. The number of fused-ring (bicyclic) bond motifs is 1. The van der Waals surface area contributed by atoms with Gasteiger partial charge < -0.3 is 24.3 Å². The predicted octanol–water partition coefficient (Wildman–Crippen LogP) is 3.82. The number of hydrogen-bond acceptors (Lipinski definition) is 8. The van der Waals surface area contributed by atoms with Crippen molar-refractivity contribution in [2.24, 2.45) is 0 Å². The predicted molar refractivity (Wildman–Crippen MR) is 123 cm³/mol. The van der Waals surface area contributed by atoms with Gasteiger partial charge in [0.1, 0.15) is 11.8 Å². The molecule has 3 aromatic rings. The number of nitrogens with zero attached hydrogens (tertiary/aromatic N) is 3. The Bertz CT molecular complexity index is 1220. The summed E-state index contributed by atoms with van der Waals surface area (Å²) in [5.41, 5.74) is 2.59. The van der Waals surface area contributed by atoms with E-state index < -0.39 is 12.0 Å². The number of methoxy groups -OCH3 is 3. The number of rotatable bonds is 7. The molecular weight excluding hydrogens is 424 g/mol. The summed E-state index contributed by atoms with van der Waals surface area (Å²) in [6, 6.07) is 12.4. The Kier molecular flexibility index (Phi) is 6.21. The highest BCUT2D eigenvalue weighted by Crippen LogP contribution is 2.40. The first-order chi connectivity index (χ1) is 16.0. The van der Waals surface area contributed by atoms with Crippen LogP contribution in [-0.2, 0) is 9.53 Å². The summed E-state index contributed by atoms with van der Waals surface area (Å²) in [5.74, 6) is 2.32. The van der Waals surface area contributed by atoms with Crippen molar-refractivity contribution in [3.05, 3.63) is 59.3 Å². The van der Waals surface area contributed by atoms with Crippen LogP contribution in [0.25, 0.3) is 11.4 Å². The van der Waals surface area contributed by atoms with Crippen LogP contribution in [-0.4, -0.2) is 48.7 Å². The number of carbonyl (C=O) groups excluding carboxylic acids is 1. The highest BCUT2D eigenvalue weighted by molar-refractivity contribution is 5.92. The summed E-state index contributed by atoms with van der Waals surface area (Å²) >= 11 is 0. The molecule has 0 spiro atoms. The Morgan fingerprint density at radius 2 is 1.76 bits per heavy atom. The largest absolute Gasteiger partial charge is 0.496 e. The molecule has 1 unspecified atom stereocenters. The number of carbonyl (C=O) groups is 1. The van der Waals surface area contributed by atoms with Crippen LogP contribution < -0.4 is 19.5 Å². The second kappa shape index (κ2) is 9.23. The van der Waals surface area contributed by atoms with Gasteiger partial charge in [0.15, 0.2) is 17.3 Å². The molecule has 0 radical (unpaired) electrons. The van der Waals surface area contributed by atoms with Crippen molar-refractivity contribution in [3.63, 3.8) is 0 Å². The number of esters is 1. The van der Waals surface area contributed by atoms with Crippen molar-refractivity contribution in [2.75, 3.05) is 33.3 Å². The van der Waals surface area contributed by atoms with E-state index in [-0.39, 0.29) is 6.61 Å². The third kappa shape index (κ3) is 3.97. The van der Waals surface area contributed by atoms with Crippen molar-refractivity contribution in [1.82, 2.24) is 14.8 Å². The molecule has 0 saturated carbocycles. The Morgan fingerprint density at radius 3 is 2.45 bits per heavy atom. The smallest absolute Gasteiger partial charge is 0.338 e. The topological polar surface area (TPSA) is 96.7 Å². The van der Waals surface area contributed by atoms with Crippen LogP contribution in [0.5, 0.6) is 17.2 Å². The molecule has 0 fully saturated rings. The van der Waals surface area contributed by atoms with Crippen LogP contribution in [0.1, 0.15) is 25.5 Å². The van der Waals surface area contributed by atoms with Gasteiger partial charge in [-0.25, -0.2) is 9.48 Å². The fourth-order valence-corrected chi connectivity index (χ4v) is 3.90. The van der Waals surface area contributed by atoms with E-state index >= 15 is 0 Å². The summed E-state index contributed by atoms with van der Waals surface area (Å²) in [5, 5.41) is 7.96. The van der Waals surface area contributed by atoms with Crippen LogP contribution in [0.4, 0.5) is 5.95 Å². The summed E-state index contributed by atoms with van der Waals surface area (Å²) in [6.45, 7) is 3.85. The number of anilines is 1. The van der Waals surface area contributed by atoms with E-state index in [4.69, 9.17) is 29.0 Å². The number of ether oxygens (including phenoxy) is 4. The van der Waals surface area contributed by atoms with Gasteiger partial charge in [0, 0.05) is 5.70 Å². The molecule has 2 aromatic carbocycles.